The molecule has 0 atom stereocenters. The van der Waals surface area contributed by atoms with Crippen molar-refractivity contribution in [3.8, 4) is 10.7 Å². The maximum Gasteiger partial charge on any atom is 0.241 e. The van der Waals surface area contributed by atoms with Crippen LogP contribution in [0, 0.1) is 0 Å². The summed E-state index contributed by atoms with van der Waals surface area (Å²) in [6.45, 7) is 3.67. The molecule has 0 aliphatic carbocycles. The molecule has 1 aliphatic rings. The minimum atomic E-state index is 0.183. The minimum Gasteiger partial charge on any atom is -0.340 e. The number of hydrogen-bond acceptors (Lipinski definition) is 6. The van der Waals surface area contributed by atoms with Crippen LogP contribution in [0.1, 0.15) is 11.5 Å². The molecule has 0 bridgehead atoms. The van der Waals surface area contributed by atoms with Gasteiger partial charge in [0.2, 0.25) is 17.6 Å². The van der Waals surface area contributed by atoms with Crippen LogP contribution >= 0.6 is 11.3 Å². The van der Waals surface area contributed by atoms with E-state index in [-0.39, 0.29) is 5.91 Å². The first kappa shape index (κ1) is 19.0. The van der Waals surface area contributed by atoms with E-state index in [0.717, 1.165) is 36.6 Å². The Labute approximate surface area is 178 Å². The summed E-state index contributed by atoms with van der Waals surface area (Å²) in [5.41, 5.74) is 1.06. The first-order chi connectivity index (χ1) is 14.7. The molecule has 0 N–H and O–H groups in total. The van der Waals surface area contributed by atoms with E-state index in [1.165, 1.54) is 10.8 Å². The quantitative estimate of drug-likeness (QED) is 0.493. The third-order valence-electron chi connectivity index (χ3n) is 5.46. The fourth-order valence-corrected chi connectivity index (χ4v) is 4.46. The second-order valence-electron chi connectivity index (χ2n) is 7.50. The molecule has 0 unspecified atom stereocenters. The molecule has 3 heterocycles. The third-order valence-corrected chi connectivity index (χ3v) is 6.33. The number of benzene rings is 2. The van der Waals surface area contributed by atoms with Gasteiger partial charge in [0.05, 0.1) is 17.8 Å². The molecule has 6 nitrogen and oxygen atoms in total. The third kappa shape index (κ3) is 4.13. The van der Waals surface area contributed by atoms with E-state index >= 15 is 0 Å². The Kier molecular flexibility index (Phi) is 5.29. The average Bonchev–Trinajstić information content (AvgIpc) is 3.46. The predicted molar refractivity (Wildman–Crippen MR) is 117 cm³/mol. The van der Waals surface area contributed by atoms with E-state index in [1.807, 2.05) is 34.5 Å². The van der Waals surface area contributed by atoms with Gasteiger partial charge in [0.15, 0.2) is 0 Å². The molecule has 4 aromatic rings. The lowest BCUT2D eigenvalue weighted by Crippen LogP contribution is -2.48. The molecule has 1 saturated heterocycles. The van der Waals surface area contributed by atoms with Crippen molar-refractivity contribution in [1.82, 2.24) is 19.9 Å². The van der Waals surface area contributed by atoms with Gasteiger partial charge < -0.3 is 9.42 Å². The first-order valence-corrected chi connectivity index (χ1v) is 11.0. The van der Waals surface area contributed by atoms with Gasteiger partial charge in [0.1, 0.15) is 0 Å². The molecule has 1 amide bonds. The summed E-state index contributed by atoms with van der Waals surface area (Å²) < 4.78 is 5.40. The number of aromatic nitrogens is 2. The van der Waals surface area contributed by atoms with Crippen LogP contribution in [-0.4, -0.2) is 52.0 Å². The van der Waals surface area contributed by atoms with Crippen molar-refractivity contribution in [2.24, 2.45) is 0 Å². The van der Waals surface area contributed by atoms with Crippen LogP contribution in [0.25, 0.3) is 21.5 Å². The van der Waals surface area contributed by atoms with Crippen LogP contribution < -0.4 is 0 Å². The fourth-order valence-electron chi connectivity index (χ4n) is 3.81. The number of nitrogens with zero attached hydrogens (tertiary/aromatic N) is 4. The standard InChI is InChI=1S/C23H22N4O2S/c28-22(15-17-7-8-18-4-1-2-5-19(18)14-17)27-11-9-26(10-12-27)16-21-24-23(25-29-21)20-6-3-13-30-20/h1-8,13-14H,9-12,15-16H2. The first-order valence-electron chi connectivity index (χ1n) is 10.1. The largest absolute Gasteiger partial charge is 0.340 e. The van der Waals surface area contributed by atoms with Crippen molar-refractivity contribution in [2.75, 3.05) is 26.2 Å². The van der Waals surface area contributed by atoms with Gasteiger partial charge in [-0.3, -0.25) is 9.69 Å². The molecule has 0 radical (unpaired) electrons. The Hall–Kier alpha value is -3.03. The number of amides is 1. The van der Waals surface area contributed by atoms with Gasteiger partial charge in [0, 0.05) is 26.2 Å². The smallest absolute Gasteiger partial charge is 0.241 e. The van der Waals surface area contributed by atoms with Gasteiger partial charge in [-0.25, -0.2) is 0 Å². The van der Waals surface area contributed by atoms with Crippen molar-refractivity contribution < 1.29 is 9.32 Å². The fraction of sp³-hybridized carbons (Fsp3) is 0.261. The minimum absolute atomic E-state index is 0.183. The van der Waals surface area contributed by atoms with Gasteiger partial charge >= 0.3 is 0 Å². The van der Waals surface area contributed by atoms with Crippen LogP contribution in [0.2, 0.25) is 0 Å². The number of piperazine rings is 1. The number of carbonyl (C=O) groups is 1. The van der Waals surface area contributed by atoms with E-state index < -0.39 is 0 Å². The molecule has 7 heteroatoms. The van der Waals surface area contributed by atoms with E-state index in [0.29, 0.717) is 24.7 Å². The maximum atomic E-state index is 12.8. The van der Waals surface area contributed by atoms with Gasteiger partial charge in [0.25, 0.3) is 0 Å². The summed E-state index contributed by atoms with van der Waals surface area (Å²) >= 11 is 1.60. The SMILES string of the molecule is O=C(Cc1ccc2ccccc2c1)N1CCN(Cc2nc(-c3cccs3)no2)CC1. The van der Waals surface area contributed by atoms with Gasteiger partial charge in [-0.1, -0.05) is 53.7 Å². The van der Waals surface area contributed by atoms with Crippen LogP contribution in [0.3, 0.4) is 0 Å². The van der Waals surface area contributed by atoms with Gasteiger partial charge in [-0.15, -0.1) is 11.3 Å². The molecule has 1 aliphatic heterocycles. The van der Waals surface area contributed by atoms with E-state index in [1.54, 1.807) is 11.3 Å². The lowest BCUT2D eigenvalue weighted by Gasteiger charge is -2.34. The van der Waals surface area contributed by atoms with Crippen molar-refractivity contribution in [2.45, 2.75) is 13.0 Å². The van der Waals surface area contributed by atoms with E-state index in [2.05, 4.69) is 45.4 Å². The number of fused-ring (bicyclic) bond motifs is 1. The molecule has 2 aromatic heterocycles. The summed E-state index contributed by atoms with van der Waals surface area (Å²) in [5.74, 6) is 1.45. The molecule has 1 fully saturated rings. The molecule has 2 aromatic carbocycles. The van der Waals surface area contributed by atoms with Crippen LogP contribution in [-0.2, 0) is 17.8 Å². The van der Waals surface area contributed by atoms with Crippen molar-refractivity contribution in [3.63, 3.8) is 0 Å². The predicted octanol–water partition coefficient (Wildman–Crippen LogP) is 3.84. The van der Waals surface area contributed by atoms with Crippen LogP contribution in [0.15, 0.2) is 64.5 Å². The van der Waals surface area contributed by atoms with Crippen molar-refractivity contribution in [3.05, 3.63) is 71.4 Å². The summed E-state index contributed by atoms with van der Waals surface area (Å²) in [6, 6.07) is 18.5. The second-order valence-corrected chi connectivity index (χ2v) is 8.45. The zero-order valence-electron chi connectivity index (χ0n) is 16.5. The number of carbonyl (C=O) groups excluding carboxylic acids is 1. The highest BCUT2D eigenvalue weighted by Crippen LogP contribution is 2.22. The molecule has 0 saturated carbocycles. The topological polar surface area (TPSA) is 62.5 Å². The van der Waals surface area contributed by atoms with Gasteiger partial charge in [-0.2, -0.15) is 4.98 Å². The van der Waals surface area contributed by atoms with E-state index in [4.69, 9.17) is 4.52 Å². The normalized spacial score (nSPS) is 15.0. The summed E-state index contributed by atoms with van der Waals surface area (Å²) in [4.78, 5) is 22.5. The van der Waals surface area contributed by atoms with Crippen molar-refractivity contribution >= 4 is 28.0 Å². The number of rotatable bonds is 5. The van der Waals surface area contributed by atoms with Gasteiger partial charge in [-0.05, 0) is 27.8 Å². The second kappa shape index (κ2) is 8.38. The summed E-state index contributed by atoms with van der Waals surface area (Å²) in [7, 11) is 0. The zero-order chi connectivity index (χ0) is 20.3. The Morgan fingerprint density at radius 2 is 1.83 bits per heavy atom. The number of thiophene rings is 1. The zero-order valence-corrected chi connectivity index (χ0v) is 17.3. The Morgan fingerprint density at radius 1 is 1.00 bits per heavy atom. The molecule has 0 spiro atoms. The Bertz CT molecular complexity index is 1150. The number of hydrogen-bond donors (Lipinski definition) is 0. The highest BCUT2D eigenvalue weighted by atomic mass is 32.1. The Balaban J connectivity index is 1.15. The lowest BCUT2D eigenvalue weighted by atomic mass is 10.0. The lowest BCUT2D eigenvalue weighted by molar-refractivity contribution is -0.132. The maximum absolute atomic E-state index is 12.8. The Morgan fingerprint density at radius 3 is 2.63 bits per heavy atom. The highest BCUT2D eigenvalue weighted by molar-refractivity contribution is 7.13. The monoisotopic (exact) mass is 418 g/mol. The molecule has 30 heavy (non-hydrogen) atoms. The summed E-state index contributed by atoms with van der Waals surface area (Å²) in [6.07, 6.45) is 0.443. The van der Waals surface area contributed by atoms with Crippen LogP contribution in [0.5, 0.6) is 0 Å². The average molecular weight is 419 g/mol. The van der Waals surface area contributed by atoms with Crippen LogP contribution in [0.4, 0.5) is 0 Å². The highest BCUT2D eigenvalue weighted by Gasteiger charge is 2.23. The molecular weight excluding hydrogens is 396 g/mol. The summed E-state index contributed by atoms with van der Waals surface area (Å²) in [5, 5.41) is 8.44. The van der Waals surface area contributed by atoms with E-state index in [9.17, 15) is 4.79 Å². The van der Waals surface area contributed by atoms with Crippen molar-refractivity contribution in [1.29, 1.82) is 0 Å². The molecular formula is C23H22N4O2S. The molecule has 5 rings (SSSR count). The molecule has 152 valence electrons.